The number of rotatable bonds is 2. The van der Waals surface area contributed by atoms with E-state index in [-0.39, 0.29) is 11.4 Å². The third kappa shape index (κ3) is 3.58. The van der Waals surface area contributed by atoms with Gasteiger partial charge in [0.1, 0.15) is 6.33 Å². The SMILES string of the molecule is CC(C)(C)c1cn(NC(=O)Nc2ccccc2)cn1. The lowest BCUT2D eigenvalue weighted by Gasteiger charge is -2.14. The topological polar surface area (TPSA) is 59.0 Å². The van der Waals surface area contributed by atoms with Crippen LogP contribution in [-0.2, 0) is 5.41 Å². The van der Waals surface area contributed by atoms with E-state index in [0.717, 1.165) is 11.4 Å². The number of imidazole rings is 1. The average Bonchev–Trinajstić information content (AvgIpc) is 2.78. The summed E-state index contributed by atoms with van der Waals surface area (Å²) in [6.45, 7) is 6.22. The van der Waals surface area contributed by atoms with Gasteiger partial charge in [-0.15, -0.1) is 0 Å². The Morgan fingerprint density at radius 3 is 2.47 bits per heavy atom. The monoisotopic (exact) mass is 258 g/mol. The van der Waals surface area contributed by atoms with E-state index in [1.807, 2.05) is 36.5 Å². The van der Waals surface area contributed by atoms with E-state index < -0.39 is 0 Å². The first kappa shape index (κ1) is 13.1. The molecule has 1 aromatic carbocycles. The molecule has 0 saturated carbocycles. The standard InChI is InChI=1S/C14H18N4O/c1-14(2,3)12-9-18(10-15-12)17-13(19)16-11-7-5-4-6-8-11/h4-10H,1-3H3,(H2,16,17,19). The third-order valence-electron chi connectivity index (χ3n) is 2.61. The maximum absolute atomic E-state index is 11.8. The van der Waals surface area contributed by atoms with Crippen molar-refractivity contribution >= 4 is 11.7 Å². The molecule has 0 spiro atoms. The van der Waals surface area contributed by atoms with Crippen molar-refractivity contribution in [2.45, 2.75) is 26.2 Å². The molecule has 19 heavy (non-hydrogen) atoms. The fourth-order valence-corrected chi connectivity index (χ4v) is 1.57. The Morgan fingerprint density at radius 1 is 1.21 bits per heavy atom. The summed E-state index contributed by atoms with van der Waals surface area (Å²) in [6, 6.07) is 8.98. The predicted molar refractivity (Wildman–Crippen MR) is 75.7 cm³/mol. The van der Waals surface area contributed by atoms with Crippen LogP contribution in [-0.4, -0.2) is 15.7 Å². The zero-order chi connectivity index (χ0) is 13.9. The van der Waals surface area contributed by atoms with E-state index in [2.05, 4.69) is 36.5 Å². The van der Waals surface area contributed by atoms with Crippen LogP contribution in [0.15, 0.2) is 42.9 Å². The van der Waals surface area contributed by atoms with Crippen LogP contribution >= 0.6 is 0 Å². The molecule has 5 nitrogen and oxygen atoms in total. The molecule has 2 N–H and O–H groups in total. The van der Waals surface area contributed by atoms with E-state index in [4.69, 9.17) is 0 Å². The zero-order valence-electron chi connectivity index (χ0n) is 11.3. The molecule has 0 aliphatic rings. The lowest BCUT2D eigenvalue weighted by Crippen LogP contribution is -2.26. The first-order valence-electron chi connectivity index (χ1n) is 6.13. The number of carbonyl (C=O) groups excluding carboxylic acids is 1. The molecule has 0 aliphatic heterocycles. The predicted octanol–water partition coefficient (Wildman–Crippen LogP) is 2.96. The highest BCUT2D eigenvalue weighted by Crippen LogP contribution is 2.19. The number of anilines is 1. The number of nitrogens with one attached hydrogen (secondary N) is 2. The molecule has 0 radical (unpaired) electrons. The molecule has 5 heteroatoms. The van der Waals surface area contributed by atoms with Gasteiger partial charge in [-0.2, -0.15) is 0 Å². The van der Waals surface area contributed by atoms with Gasteiger partial charge in [0.25, 0.3) is 0 Å². The minimum Gasteiger partial charge on any atom is -0.307 e. The second-order valence-corrected chi connectivity index (χ2v) is 5.35. The number of hydrogen-bond acceptors (Lipinski definition) is 2. The Hall–Kier alpha value is -2.30. The molecule has 2 amide bonds. The number of urea groups is 1. The smallest absolute Gasteiger partial charge is 0.307 e. The number of hydrogen-bond donors (Lipinski definition) is 2. The van der Waals surface area contributed by atoms with Crippen LogP contribution in [0.2, 0.25) is 0 Å². The van der Waals surface area contributed by atoms with Crippen molar-refractivity contribution < 1.29 is 4.79 Å². The average molecular weight is 258 g/mol. The summed E-state index contributed by atoms with van der Waals surface area (Å²) >= 11 is 0. The fourth-order valence-electron chi connectivity index (χ4n) is 1.57. The highest BCUT2D eigenvalue weighted by molar-refractivity contribution is 5.94. The number of benzene rings is 1. The van der Waals surface area contributed by atoms with E-state index in [9.17, 15) is 4.79 Å². The van der Waals surface area contributed by atoms with Crippen LogP contribution in [0.1, 0.15) is 26.5 Å². The number of para-hydroxylation sites is 1. The zero-order valence-corrected chi connectivity index (χ0v) is 11.3. The van der Waals surface area contributed by atoms with Gasteiger partial charge in [-0.05, 0) is 12.1 Å². The molecule has 0 atom stereocenters. The molecule has 0 aliphatic carbocycles. The summed E-state index contributed by atoms with van der Waals surface area (Å²) in [5.74, 6) is 0. The van der Waals surface area contributed by atoms with Gasteiger partial charge in [0.2, 0.25) is 0 Å². The molecule has 0 unspecified atom stereocenters. The van der Waals surface area contributed by atoms with E-state index in [1.165, 1.54) is 0 Å². The van der Waals surface area contributed by atoms with E-state index in [0.29, 0.717) is 0 Å². The van der Waals surface area contributed by atoms with Crippen LogP contribution in [0.4, 0.5) is 10.5 Å². The van der Waals surface area contributed by atoms with Gasteiger partial charge in [-0.1, -0.05) is 39.0 Å². The molecular formula is C14H18N4O. The molecule has 2 rings (SSSR count). The van der Waals surface area contributed by atoms with Crippen LogP contribution in [0, 0.1) is 0 Å². The van der Waals surface area contributed by atoms with Gasteiger partial charge in [-0.25, -0.2) is 19.9 Å². The van der Waals surface area contributed by atoms with Gasteiger partial charge in [0.15, 0.2) is 0 Å². The molecule has 2 aromatic rings. The van der Waals surface area contributed by atoms with Gasteiger partial charge in [0.05, 0.1) is 11.9 Å². The van der Waals surface area contributed by atoms with Crippen molar-refractivity contribution in [3.63, 3.8) is 0 Å². The van der Waals surface area contributed by atoms with Crippen molar-refractivity contribution in [1.82, 2.24) is 9.66 Å². The summed E-state index contributed by atoms with van der Waals surface area (Å²) < 4.78 is 1.55. The van der Waals surface area contributed by atoms with Gasteiger partial charge in [-0.3, -0.25) is 0 Å². The highest BCUT2D eigenvalue weighted by Gasteiger charge is 2.16. The van der Waals surface area contributed by atoms with Gasteiger partial charge in [0, 0.05) is 11.1 Å². The number of aromatic nitrogens is 2. The summed E-state index contributed by atoms with van der Waals surface area (Å²) in [5.41, 5.74) is 4.32. The first-order chi connectivity index (χ1) is 8.95. The second-order valence-electron chi connectivity index (χ2n) is 5.35. The second kappa shape index (κ2) is 5.14. The van der Waals surface area contributed by atoms with Crippen LogP contribution in [0.25, 0.3) is 0 Å². The summed E-state index contributed by atoms with van der Waals surface area (Å²) in [7, 11) is 0. The van der Waals surface area contributed by atoms with E-state index >= 15 is 0 Å². The number of nitrogens with zero attached hydrogens (tertiary/aromatic N) is 2. The third-order valence-corrected chi connectivity index (χ3v) is 2.61. The summed E-state index contributed by atoms with van der Waals surface area (Å²) in [4.78, 5) is 16.0. The van der Waals surface area contributed by atoms with Crippen molar-refractivity contribution in [1.29, 1.82) is 0 Å². The Bertz CT molecular complexity index is 554. The van der Waals surface area contributed by atoms with Crippen LogP contribution in [0.5, 0.6) is 0 Å². The van der Waals surface area contributed by atoms with Crippen LogP contribution < -0.4 is 10.7 Å². The molecular weight excluding hydrogens is 240 g/mol. The Kier molecular flexibility index (Phi) is 3.55. The summed E-state index contributed by atoms with van der Waals surface area (Å²) in [6.07, 6.45) is 3.40. The Balaban J connectivity index is 1.98. The van der Waals surface area contributed by atoms with Crippen molar-refractivity contribution in [3.8, 4) is 0 Å². The Morgan fingerprint density at radius 2 is 1.89 bits per heavy atom. The highest BCUT2D eigenvalue weighted by atomic mass is 16.2. The minimum atomic E-state index is -0.302. The summed E-state index contributed by atoms with van der Waals surface area (Å²) in [5, 5.41) is 2.74. The molecule has 0 fully saturated rings. The molecule has 0 saturated heterocycles. The molecule has 0 bridgehead atoms. The van der Waals surface area contributed by atoms with Crippen LogP contribution in [0.3, 0.4) is 0 Å². The minimum absolute atomic E-state index is 0.0389. The number of carbonyl (C=O) groups is 1. The molecule has 1 heterocycles. The molecule has 1 aromatic heterocycles. The fraction of sp³-hybridized carbons (Fsp3) is 0.286. The normalized spacial score (nSPS) is 11.1. The van der Waals surface area contributed by atoms with Gasteiger partial charge < -0.3 is 5.32 Å². The Labute approximate surface area is 112 Å². The lowest BCUT2D eigenvalue weighted by molar-refractivity contribution is 0.259. The van der Waals surface area contributed by atoms with Gasteiger partial charge >= 0.3 is 6.03 Å². The van der Waals surface area contributed by atoms with Crippen molar-refractivity contribution in [2.24, 2.45) is 0 Å². The maximum Gasteiger partial charge on any atom is 0.338 e. The largest absolute Gasteiger partial charge is 0.338 e. The first-order valence-corrected chi connectivity index (χ1v) is 6.13. The van der Waals surface area contributed by atoms with E-state index in [1.54, 1.807) is 11.0 Å². The van der Waals surface area contributed by atoms with Crippen molar-refractivity contribution in [3.05, 3.63) is 48.5 Å². The lowest BCUT2D eigenvalue weighted by atomic mass is 9.93. The molecule has 100 valence electrons. The quantitative estimate of drug-likeness (QED) is 0.870. The van der Waals surface area contributed by atoms with Crippen molar-refractivity contribution in [2.75, 3.05) is 10.7 Å². The number of amides is 2. The maximum atomic E-state index is 11.8.